The Morgan fingerprint density at radius 2 is 2.11 bits per heavy atom. The third-order valence-corrected chi connectivity index (χ3v) is 2.89. The average molecular weight is 248 g/mol. The molecule has 0 amide bonds. The van der Waals surface area contributed by atoms with E-state index in [0.29, 0.717) is 12.3 Å². The standard InChI is InChI=1S/C13H16N2O3/c1-14-5-6-15(13(14)17)8-11-7-10(9-16)3-4-12(11)18-2/h3-7,16H,8-9H2,1-2H3. The third kappa shape index (κ3) is 2.31. The second-order valence-corrected chi connectivity index (χ2v) is 4.12. The summed E-state index contributed by atoms with van der Waals surface area (Å²) >= 11 is 0. The van der Waals surface area contributed by atoms with Gasteiger partial charge in [-0.1, -0.05) is 6.07 Å². The molecule has 0 aliphatic carbocycles. The van der Waals surface area contributed by atoms with Gasteiger partial charge in [-0.2, -0.15) is 0 Å². The Balaban J connectivity index is 2.38. The molecule has 96 valence electrons. The summed E-state index contributed by atoms with van der Waals surface area (Å²) in [5.41, 5.74) is 1.60. The van der Waals surface area contributed by atoms with Crippen molar-refractivity contribution < 1.29 is 9.84 Å². The molecule has 0 unspecified atom stereocenters. The van der Waals surface area contributed by atoms with Gasteiger partial charge in [0.1, 0.15) is 5.75 Å². The lowest BCUT2D eigenvalue weighted by molar-refractivity contribution is 0.281. The van der Waals surface area contributed by atoms with Gasteiger partial charge in [0, 0.05) is 25.0 Å². The Hall–Kier alpha value is -2.01. The van der Waals surface area contributed by atoms with E-state index >= 15 is 0 Å². The summed E-state index contributed by atoms with van der Waals surface area (Å²) in [7, 11) is 3.30. The van der Waals surface area contributed by atoms with Gasteiger partial charge < -0.3 is 14.4 Å². The number of hydrogen-bond donors (Lipinski definition) is 1. The van der Waals surface area contributed by atoms with Crippen LogP contribution in [0.25, 0.3) is 0 Å². The maximum atomic E-state index is 11.8. The van der Waals surface area contributed by atoms with Crippen molar-refractivity contribution in [3.05, 3.63) is 52.2 Å². The molecule has 0 bridgehead atoms. The molecule has 0 aliphatic heterocycles. The fraction of sp³-hybridized carbons (Fsp3) is 0.308. The Bertz CT molecular complexity index is 599. The molecular formula is C13H16N2O3. The molecule has 0 fully saturated rings. The number of benzene rings is 1. The van der Waals surface area contributed by atoms with Crippen molar-refractivity contribution in [3.63, 3.8) is 0 Å². The van der Waals surface area contributed by atoms with E-state index in [-0.39, 0.29) is 12.3 Å². The van der Waals surface area contributed by atoms with E-state index in [1.54, 1.807) is 43.3 Å². The lowest BCUT2D eigenvalue weighted by atomic mass is 10.1. The van der Waals surface area contributed by atoms with Gasteiger partial charge in [0.2, 0.25) is 0 Å². The van der Waals surface area contributed by atoms with Crippen molar-refractivity contribution in [1.82, 2.24) is 9.13 Å². The smallest absolute Gasteiger partial charge is 0.328 e. The molecule has 1 aromatic carbocycles. The summed E-state index contributed by atoms with van der Waals surface area (Å²) < 4.78 is 8.37. The zero-order valence-corrected chi connectivity index (χ0v) is 10.5. The van der Waals surface area contributed by atoms with Crippen LogP contribution in [-0.4, -0.2) is 21.4 Å². The number of hydrogen-bond acceptors (Lipinski definition) is 3. The van der Waals surface area contributed by atoms with Crippen molar-refractivity contribution in [2.45, 2.75) is 13.2 Å². The summed E-state index contributed by atoms with van der Waals surface area (Å²) in [5.74, 6) is 0.711. The Morgan fingerprint density at radius 1 is 1.33 bits per heavy atom. The number of aliphatic hydroxyl groups excluding tert-OH is 1. The Morgan fingerprint density at radius 3 is 2.67 bits per heavy atom. The van der Waals surface area contributed by atoms with E-state index in [1.807, 2.05) is 6.07 Å². The molecule has 5 nitrogen and oxygen atoms in total. The molecule has 1 N–H and O–H groups in total. The van der Waals surface area contributed by atoms with Crippen LogP contribution in [0.1, 0.15) is 11.1 Å². The molecule has 0 saturated heterocycles. The molecule has 2 rings (SSSR count). The number of imidazole rings is 1. The normalized spacial score (nSPS) is 10.6. The number of nitrogens with zero attached hydrogens (tertiary/aromatic N) is 2. The fourth-order valence-electron chi connectivity index (χ4n) is 1.87. The number of aromatic nitrogens is 2. The molecule has 0 aliphatic rings. The molecule has 1 heterocycles. The minimum Gasteiger partial charge on any atom is -0.496 e. The molecule has 5 heteroatoms. The predicted molar refractivity (Wildman–Crippen MR) is 67.7 cm³/mol. The third-order valence-electron chi connectivity index (χ3n) is 2.89. The molecule has 2 aromatic rings. The van der Waals surface area contributed by atoms with Crippen LogP contribution in [-0.2, 0) is 20.2 Å². The lowest BCUT2D eigenvalue weighted by Gasteiger charge is -2.10. The highest BCUT2D eigenvalue weighted by Gasteiger charge is 2.07. The zero-order valence-electron chi connectivity index (χ0n) is 10.5. The summed E-state index contributed by atoms with van der Waals surface area (Å²) in [6.45, 7) is 0.400. The van der Waals surface area contributed by atoms with Gasteiger partial charge in [0.05, 0.1) is 20.3 Å². The van der Waals surface area contributed by atoms with Crippen molar-refractivity contribution in [3.8, 4) is 5.75 Å². The monoisotopic (exact) mass is 248 g/mol. The summed E-state index contributed by atoms with van der Waals surface area (Å²) in [6, 6.07) is 5.45. The largest absolute Gasteiger partial charge is 0.496 e. The quantitative estimate of drug-likeness (QED) is 0.868. The van der Waals surface area contributed by atoms with E-state index in [9.17, 15) is 4.79 Å². The first-order chi connectivity index (χ1) is 8.65. The first-order valence-electron chi connectivity index (χ1n) is 5.64. The van der Waals surface area contributed by atoms with Gasteiger partial charge in [0.15, 0.2) is 0 Å². The van der Waals surface area contributed by atoms with Crippen LogP contribution >= 0.6 is 0 Å². The van der Waals surface area contributed by atoms with Gasteiger partial charge in [-0.25, -0.2) is 4.79 Å². The number of aryl methyl sites for hydroxylation is 1. The average Bonchev–Trinajstić information content (AvgIpc) is 2.70. The van der Waals surface area contributed by atoms with E-state index in [0.717, 1.165) is 11.1 Å². The number of methoxy groups -OCH3 is 1. The van der Waals surface area contributed by atoms with Crippen LogP contribution in [0, 0.1) is 0 Å². The number of rotatable bonds is 4. The highest BCUT2D eigenvalue weighted by molar-refractivity contribution is 5.37. The van der Waals surface area contributed by atoms with Crippen LogP contribution < -0.4 is 10.4 Å². The van der Waals surface area contributed by atoms with Crippen molar-refractivity contribution in [2.24, 2.45) is 7.05 Å². The highest BCUT2D eigenvalue weighted by Crippen LogP contribution is 2.20. The van der Waals surface area contributed by atoms with Gasteiger partial charge in [-0.05, 0) is 17.7 Å². The predicted octanol–water partition coefficient (Wildman–Crippen LogP) is 0.736. The minimum absolute atomic E-state index is 0.0271. The Kier molecular flexibility index (Phi) is 3.53. The lowest BCUT2D eigenvalue weighted by Crippen LogP contribution is -2.22. The molecule has 18 heavy (non-hydrogen) atoms. The SMILES string of the molecule is COc1ccc(CO)cc1Cn1ccn(C)c1=O. The van der Waals surface area contributed by atoms with E-state index in [2.05, 4.69) is 0 Å². The molecule has 1 aromatic heterocycles. The summed E-state index contributed by atoms with van der Waals surface area (Å²) in [6.07, 6.45) is 3.44. The first-order valence-corrected chi connectivity index (χ1v) is 5.64. The maximum Gasteiger partial charge on any atom is 0.328 e. The van der Waals surface area contributed by atoms with E-state index < -0.39 is 0 Å². The van der Waals surface area contributed by atoms with Crippen LogP contribution in [0.2, 0.25) is 0 Å². The van der Waals surface area contributed by atoms with Gasteiger partial charge in [-0.15, -0.1) is 0 Å². The maximum absolute atomic E-state index is 11.8. The fourth-order valence-corrected chi connectivity index (χ4v) is 1.87. The van der Waals surface area contributed by atoms with E-state index in [4.69, 9.17) is 9.84 Å². The number of aliphatic hydroxyl groups is 1. The minimum atomic E-state index is -0.0774. The number of ether oxygens (including phenoxy) is 1. The zero-order chi connectivity index (χ0) is 13.1. The molecule has 0 saturated carbocycles. The molecule has 0 spiro atoms. The summed E-state index contributed by atoms with van der Waals surface area (Å²) in [5, 5.41) is 9.14. The van der Waals surface area contributed by atoms with Gasteiger partial charge in [0.25, 0.3) is 0 Å². The molecule has 0 atom stereocenters. The van der Waals surface area contributed by atoms with Crippen molar-refractivity contribution >= 4 is 0 Å². The van der Waals surface area contributed by atoms with E-state index in [1.165, 1.54) is 4.57 Å². The Labute approximate surface area is 105 Å². The van der Waals surface area contributed by atoms with Gasteiger partial charge in [-0.3, -0.25) is 4.57 Å². The van der Waals surface area contributed by atoms with Crippen LogP contribution in [0.15, 0.2) is 35.4 Å². The second-order valence-electron chi connectivity index (χ2n) is 4.12. The van der Waals surface area contributed by atoms with Crippen LogP contribution in [0.5, 0.6) is 5.75 Å². The van der Waals surface area contributed by atoms with Crippen LogP contribution in [0.3, 0.4) is 0 Å². The van der Waals surface area contributed by atoms with Crippen molar-refractivity contribution in [2.75, 3.05) is 7.11 Å². The topological polar surface area (TPSA) is 56.4 Å². The van der Waals surface area contributed by atoms with Gasteiger partial charge >= 0.3 is 5.69 Å². The first kappa shape index (κ1) is 12.4. The molecular weight excluding hydrogens is 232 g/mol. The van der Waals surface area contributed by atoms with Crippen LogP contribution in [0.4, 0.5) is 0 Å². The van der Waals surface area contributed by atoms with Crippen molar-refractivity contribution in [1.29, 1.82) is 0 Å². The second kappa shape index (κ2) is 5.10. The summed E-state index contributed by atoms with van der Waals surface area (Å²) in [4.78, 5) is 11.8. The molecule has 0 radical (unpaired) electrons. The highest BCUT2D eigenvalue weighted by atomic mass is 16.5.